The van der Waals surface area contributed by atoms with E-state index < -0.39 is 5.60 Å². The molecule has 0 saturated heterocycles. The van der Waals surface area contributed by atoms with E-state index >= 15 is 0 Å². The molecule has 3 aliphatic rings. The van der Waals surface area contributed by atoms with Gasteiger partial charge in [-0.15, -0.1) is 0 Å². The van der Waals surface area contributed by atoms with Gasteiger partial charge in [-0.1, -0.05) is 62.4 Å². The van der Waals surface area contributed by atoms with Gasteiger partial charge in [0.05, 0.1) is 12.7 Å². The third kappa shape index (κ3) is 3.04. The minimum absolute atomic E-state index is 0.129. The maximum absolute atomic E-state index is 11.7. The van der Waals surface area contributed by atoms with Crippen LogP contribution in [0.4, 0.5) is 5.69 Å². The number of aliphatic hydroxyl groups is 1. The first-order chi connectivity index (χ1) is 12.5. The van der Waals surface area contributed by atoms with E-state index in [2.05, 4.69) is 31.3 Å². The average Bonchev–Trinajstić information content (AvgIpc) is 2.67. The van der Waals surface area contributed by atoms with Crippen LogP contribution in [0.1, 0.15) is 32.3 Å². The highest BCUT2D eigenvalue weighted by atomic mass is 16.5. The Bertz CT molecular complexity index is 730. The first-order valence-corrected chi connectivity index (χ1v) is 9.67. The van der Waals surface area contributed by atoms with Gasteiger partial charge in [-0.05, 0) is 47.8 Å². The molecule has 0 unspecified atom stereocenters. The van der Waals surface area contributed by atoms with Crippen LogP contribution in [-0.4, -0.2) is 23.4 Å². The van der Waals surface area contributed by atoms with Gasteiger partial charge < -0.3 is 15.2 Å². The molecular weight excluding hydrogens is 322 g/mol. The van der Waals surface area contributed by atoms with Crippen LogP contribution < -0.4 is 5.32 Å². The maximum atomic E-state index is 11.7. The summed E-state index contributed by atoms with van der Waals surface area (Å²) in [6.07, 6.45) is 1.91. The van der Waals surface area contributed by atoms with Crippen LogP contribution in [0.2, 0.25) is 0 Å². The van der Waals surface area contributed by atoms with Crippen molar-refractivity contribution in [2.45, 2.75) is 45.0 Å². The Morgan fingerprint density at radius 2 is 1.65 bits per heavy atom. The zero-order valence-corrected chi connectivity index (χ0v) is 15.7. The minimum atomic E-state index is -0.844. The quantitative estimate of drug-likeness (QED) is 0.806. The predicted octanol–water partition coefficient (Wildman–Crippen LogP) is 4.48. The van der Waals surface area contributed by atoms with Gasteiger partial charge in [0.1, 0.15) is 5.60 Å². The minimum Gasteiger partial charge on any atom is -0.385 e. The molecule has 5 rings (SSSR count). The molecule has 2 bridgehead atoms. The first-order valence-electron chi connectivity index (χ1n) is 9.67. The predicted molar refractivity (Wildman–Crippen MR) is 105 cm³/mol. The van der Waals surface area contributed by atoms with E-state index in [1.54, 1.807) is 0 Å². The third-order valence-corrected chi connectivity index (χ3v) is 6.77. The highest BCUT2D eigenvalue weighted by Gasteiger charge is 2.65. The van der Waals surface area contributed by atoms with E-state index in [4.69, 9.17) is 4.74 Å². The summed E-state index contributed by atoms with van der Waals surface area (Å²) in [6, 6.07) is 20.4. The van der Waals surface area contributed by atoms with Crippen molar-refractivity contribution in [2.24, 2.45) is 17.3 Å². The van der Waals surface area contributed by atoms with Gasteiger partial charge in [-0.2, -0.15) is 0 Å². The number of fused-ring (bicyclic) bond motifs is 2. The lowest BCUT2D eigenvalue weighted by atomic mass is 9.43. The average molecular weight is 351 g/mol. The molecule has 4 atom stereocenters. The second-order valence-corrected chi connectivity index (χ2v) is 8.54. The van der Waals surface area contributed by atoms with Crippen molar-refractivity contribution in [3.05, 3.63) is 66.2 Å². The number of hydrogen-bond acceptors (Lipinski definition) is 3. The summed E-state index contributed by atoms with van der Waals surface area (Å²) in [5, 5.41) is 15.2. The zero-order valence-electron chi connectivity index (χ0n) is 15.7. The van der Waals surface area contributed by atoms with Gasteiger partial charge in [-0.3, -0.25) is 0 Å². The number of para-hydroxylation sites is 1. The number of rotatable bonds is 6. The number of nitrogens with one attached hydrogen (secondary N) is 1. The van der Waals surface area contributed by atoms with Crippen LogP contribution in [0.5, 0.6) is 0 Å². The van der Waals surface area contributed by atoms with E-state index in [1.807, 2.05) is 48.5 Å². The molecule has 3 fully saturated rings. The van der Waals surface area contributed by atoms with Gasteiger partial charge in [0, 0.05) is 12.2 Å². The summed E-state index contributed by atoms with van der Waals surface area (Å²) in [5.74, 6) is 0.913. The van der Waals surface area contributed by atoms with Crippen molar-refractivity contribution >= 4 is 5.69 Å². The number of anilines is 1. The van der Waals surface area contributed by atoms with E-state index in [0.29, 0.717) is 19.1 Å². The molecule has 0 aliphatic heterocycles. The van der Waals surface area contributed by atoms with Crippen LogP contribution in [0, 0.1) is 17.3 Å². The molecule has 0 aromatic heterocycles. The fraction of sp³-hybridized carbons (Fsp3) is 0.478. The Balaban J connectivity index is 1.50. The Morgan fingerprint density at radius 3 is 2.31 bits per heavy atom. The van der Waals surface area contributed by atoms with E-state index in [9.17, 15) is 5.11 Å². The maximum Gasteiger partial charge on any atom is 0.111 e. The molecule has 0 amide bonds. The fourth-order valence-corrected chi connectivity index (χ4v) is 4.97. The van der Waals surface area contributed by atoms with Gasteiger partial charge in [0.2, 0.25) is 0 Å². The van der Waals surface area contributed by atoms with Crippen LogP contribution in [0.3, 0.4) is 0 Å². The van der Waals surface area contributed by atoms with Crippen LogP contribution in [-0.2, 0) is 11.3 Å². The SMILES string of the molecule is CC1(C)[C@H]2C[C@H](OCc3ccccc3)[C@@](O)(CNc3ccccc3)[C@@H]1C2. The van der Waals surface area contributed by atoms with Crippen LogP contribution in [0.15, 0.2) is 60.7 Å². The molecule has 0 heterocycles. The molecule has 0 spiro atoms. The van der Waals surface area contributed by atoms with E-state index in [1.165, 1.54) is 0 Å². The van der Waals surface area contributed by atoms with Gasteiger partial charge in [0.15, 0.2) is 0 Å². The summed E-state index contributed by atoms with van der Waals surface area (Å²) in [6.45, 7) is 5.68. The highest BCUT2D eigenvalue weighted by molar-refractivity contribution is 5.43. The number of benzene rings is 2. The molecular formula is C23H29NO2. The third-order valence-electron chi connectivity index (χ3n) is 6.77. The van der Waals surface area contributed by atoms with Crippen molar-refractivity contribution < 1.29 is 9.84 Å². The molecule has 2 N–H and O–H groups in total. The molecule has 2 aromatic carbocycles. The molecule has 3 nitrogen and oxygen atoms in total. The Hall–Kier alpha value is -1.84. The highest BCUT2D eigenvalue weighted by Crippen LogP contribution is 2.63. The van der Waals surface area contributed by atoms with Gasteiger partial charge >= 0.3 is 0 Å². The summed E-state index contributed by atoms with van der Waals surface area (Å²) in [5.41, 5.74) is 1.54. The summed E-state index contributed by atoms with van der Waals surface area (Å²) < 4.78 is 6.28. The number of ether oxygens (including phenoxy) is 1. The fourth-order valence-electron chi connectivity index (χ4n) is 4.97. The smallest absolute Gasteiger partial charge is 0.111 e. The second-order valence-electron chi connectivity index (χ2n) is 8.54. The standard InChI is InChI=1S/C23H29NO2/c1-22(2)18-13-20(22)23(25,16-24-19-11-7-4-8-12-19)21(14-18)26-15-17-9-5-3-6-10-17/h3-12,18,20-21,24-25H,13-16H2,1-2H3/t18-,20-,21+,23-/m1/s1. The van der Waals surface area contributed by atoms with Crippen molar-refractivity contribution in [1.82, 2.24) is 0 Å². The van der Waals surface area contributed by atoms with E-state index in [-0.39, 0.29) is 17.4 Å². The zero-order chi connectivity index (χ0) is 18.2. The Kier molecular flexibility index (Phi) is 4.54. The lowest BCUT2D eigenvalue weighted by Gasteiger charge is -2.65. The Labute approximate surface area is 156 Å². The molecule has 26 heavy (non-hydrogen) atoms. The normalized spacial score (nSPS) is 31.9. The summed E-state index contributed by atoms with van der Waals surface area (Å²) in [4.78, 5) is 0. The summed E-state index contributed by atoms with van der Waals surface area (Å²) >= 11 is 0. The van der Waals surface area contributed by atoms with Crippen molar-refractivity contribution in [2.75, 3.05) is 11.9 Å². The van der Waals surface area contributed by atoms with Crippen molar-refractivity contribution in [1.29, 1.82) is 0 Å². The number of hydrogen-bond donors (Lipinski definition) is 2. The second kappa shape index (κ2) is 6.71. The lowest BCUT2D eigenvalue weighted by Crippen LogP contribution is -2.70. The largest absolute Gasteiger partial charge is 0.385 e. The summed E-state index contributed by atoms with van der Waals surface area (Å²) in [7, 11) is 0. The first kappa shape index (κ1) is 17.6. The van der Waals surface area contributed by atoms with Crippen LogP contribution >= 0.6 is 0 Å². The van der Waals surface area contributed by atoms with Gasteiger partial charge in [0.25, 0.3) is 0 Å². The lowest BCUT2D eigenvalue weighted by molar-refractivity contribution is -0.261. The van der Waals surface area contributed by atoms with Gasteiger partial charge in [-0.25, -0.2) is 0 Å². The van der Waals surface area contributed by atoms with E-state index in [0.717, 1.165) is 24.1 Å². The topological polar surface area (TPSA) is 41.5 Å². The van der Waals surface area contributed by atoms with Crippen molar-refractivity contribution in [3.63, 3.8) is 0 Å². The molecule has 138 valence electrons. The van der Waals surface area contributed by atoms with Crippen LogP contribution in [0.25, 0.3) is 0 Å². The Morgan fingerprint density at radius 1 is 1.00 bits per heavy atom. The molecule has 3 heteroatoms. The molecule has 3 aliphatic carbocycles. The van der Waals surface area contributed by atoms with Crippen molar-refractivity contribution in [3.8, 4) is 0 Å². The molecule has 0 radical (unpaired) electrons. The molecule has 3 saturated carbocycles. The monoisotopic (exact) mass is 351 g/mol. The molecule has 2 aromatic rings.